The topological polar surface area (TPSA) is 89.3 Å². The van der Waals surface area contributed by atoms with E-state index in [2.05, 4.69) is 4.72 Å². The predicted molar refractivity (Wildman–Crippen MR) is 95.3 cm³/mol. The molecular formula is C17H15ClN2O3S. The van der Waals surface area contributed by atoms with E-state index in [9.17, 15) is 13.2 Å². The van der Waals surface area contributed by atoms with Gasteiger partial charge < -0.3 is 5.73 Å². The Balaban J connectivity index is 1.94. The zero-order valence-corrected chi connectivity index (χ0v) is 14.2. The molecule has 2 aromatic rings. The van der Waals surface area contributed by atoms with Crippen molar-refractivity contribution in [3.8, 4) is 0 Å². The van der Waals surface area contributed by atoms with Crippen LogP contribution in [0.3, 0.4) is 0 Å². The van der Waals surface area contributed by atoms with E-state index in [0.717, 1.165) is 11.1 Å². The molecule has 124 valence electrons. The average Bonchev–Trinajstić information content (AvgIpc) is 2.56. The van der Waals surface area contributed by atoms with Gasteiger partial charge in [-0.3, -0.25) is 9.52 Å². The van der Waals surface area contributed by atoms with Gasteiger partial charge in [0.25, 0.3) is 10.0 Å². The second kappa shape index (κ2) is 6.30. The second-order valence-electron chi connectivity index (χ2n) is 5.47. The number of rotatable bonds is 4. The molecule has 0 aliphatic heterocycles. The van der Waals surface area contributed by atoms with E-state index in [-0.39, 0.29) is 21.2 Å². The van der Waals surface area contributed by atoms with Crippen LogP contribution in [0.1, 0.15) is 27.9 Å². The van der Waals surface area contributed by atoms with E-state index in [4.69, 9.17) is 17.3 Å². The quantitative estimate of drug-likeness (QED) is 0.875. The lowest BCUT2D eigenvalue weighted by Gasteiger charge is -2.18. The number of amides is 1. The molecule has 0 saturated heterocycles. The van der Waals surface area contributed by atoms with Crippen LogP contribution < -0.4 is 10.5 Å². The molecule has 0 spiro atoms. The molecule has 7 heteroatoms. The highest BCUT2D eigenvalue weighted by Crippen LogP contribution is 2.30. The highest BCUT2D eigenvalue weighted by Gasteiger charge is 2.22. The molecule has 0 heterocycles. The first-order valence-electron chi connectivity index (χ1n) is 7.27. The molecule has 3 rings (SSSR count). The first-order valence-corrected chi connectivity index (χ1v) is 9.13. The van der Waals surface area contributed by atoms with Crippen LogP contribution in [0.25, 0.3) is 6.08 Å². The van der Waals surface area contributed by atoms with Gasteiger partial charge in [-0.15, -0.1) is 0 Å². The number of hydrogen-bond acceptors (Lipinski definition) is 3. The van der Waals surface area contributed by atoms with Crippen LogP contribution >= 0.6 is 11.6 Å². The van der Waals surface area contributed by atoms with Crippen molar-refractivity contribution in [3.05, 3.63) is 69.1 Å². The van der Waals surface area contributed by atoms with E-state index in [0.29, 0.717) is 12.8 Å². The van der Waals surface area contributed by atoms with E-state index < -0.39 is 15.9 Å². The van der Waals surface area contributed by atoms with Gasteiger partial charge in [0.2, 0.25) is 5.91 Å². The summed E-state index contributed by atoms with van der Waals surface area (Å²) in [5, 5.41) is 0.195. The molecule has 0 radical (unpaired) electrons. The third-order valence-corrected chi connectivity index (χ3v) is 5.68. The van der Waals surface area contributed by atoms with Gasteiger partial charge in [-0.05, 0) is 48.2 Å². The number of carbonyl (C=O) groups is 1. The van der Waals surface area contributed by atoms with E-state index in [1.165, 1.54) is 18.2 Å². The summed E-state index contributed by atoms with van der Waals surface area (Å²) in [6, 6.07) is 11.9. The fourth-order valence-corrected chi connectivity index (χ4v) is 4.05. The lowest BCUT2D eigenvalue weighted by Crippen LogP contribution is -2.18. The highest BCUT2D eigenvalue weighted by atomic mass is 35.5. The summed E-state index contributed by atoms with van der Waals surface area (Å²) in [6.07, 6.45) is 2.71. The lowest BCUT2D eigenvalue weighted by molar-refractivity contribution is 0.100. The van der Waals surface area contributed by atoms with Crippen LogP contribution in [0.4, 0.5) is 5.69 Å². The molecule has 0 unspecified atom stereocenters. The number of nitrogens with two attached hydrogens (primary N) is 1. The minimum atomic E-state index is -3.77. The van der Waals surface area contributed by atoms with Gasteiger partial charge in [0, 0.05) is 5.56 Å². The molecule has 5 nitrogen and oxygen atoms in total. The third kappa shape index (κ3) is 3.29. The summed E-state index contributed by atoms with van der Waals surface area (Å²) < 4.78 is 27.7. The van der Waals surface area contributed by atoms with E-state index in [1.807, 2.05) is 24.3 Å². The van der Waals surface area contributed by atoms with Crippen molar-refractivity contribution in [2.45, 2.75) is 12.8 Å². The molecule has 0 saturated carbocycles. The van der Waals surface area contributed by atoms with Crippen molar-refractivity contribution in [3.63, 3.8) is 0 Å². The van der Waals surface area contributed by atoms with Gasteiger partial charge >= 0.3 is 0 Å². The van der Waals surface area contributed by atoms with Crippen molar-refractivity contribution in [1.29, 1.82) is 0 Å². The summed E-state index contributed by atoms with van der Waals surface area (Å²) >= 11 is 6.03. The fraction of sp³-hybridized carbons (Fsp3) is 0.118. The van der Waals surface area contributed by atoms with Gasteiger partial charge in [-0.2, -0.15) is 0 Å². The Morgan fingerprint density at radius 2 is 1.88 bits per heavy atom. The Bertz CT molecular complexity index is 952. The first kappa shape index (κ1) is 16.5. The average molecular weight is 363 g/mol. The summed E-state index contributed by atoms with van der Waals surface area (Å²) in [6.45, 7) is 0. The summed E-state index contributed by atoms with van der Waals surface area (Å²) in [5.74, 6) is -0.655. The van der Waals surface area contributed by atoms with Crippen LogP contribution in [0.15, 0.2) is 47.4 Å². The molecule has 2 aromatic carbocycles. The Kier molecular flexibility index (Phi) is 4.34. The maximum Gasteiger partial charge on any atom is 0.258 e. The Morgan fingerprint density at radius 1 is 1.12 bits per heavy atom. The number of fused-ring (bicyclic) bond motifs is 1. The molecule has 0 fully saturated rings. The molecule has 3 N–H and O–H groups in total. The van der Waals surface area contributed by atoms with Crippen molar-refractivity contribution >= 4 is 39.3 Å². The van der Waals surface area contributed by atoms with Crippen LogP contribution in [-0.2, 0) is 16.4 Å². The number of hydrogen-bond donors (Lipinski definition) is 2. The molecule has 24 heavy (non-hydrogen) atoms. The third-order valence-electron chi connectivity index (χ3n) is 3.85. The highest BCUT2D eigenvalue weighted by molar-refractivity contribution is 7.96. The maximum atomic E-state index is 12.6. The molecule has 1 aliphatic carbocycles. The molecule has 0 atom stereocenters. The standard InChI is InChI=1S/C17H15ClN2O3S/c18-15-8-6-13(17(19)21)10-16(15)20-24(22,23)14-7-5-11-3-1-2-4-12(11)9-14/h1-4,6,8-10,20H,5,7H2,(H2,19,21). The smallest absolute Gasteiger partial charge is 0.258 e. The maximum absolute atomic E-state index is 12.6. The second-order valence-corrected chi connectivity index (χ2v) is 7.62. The Labute approximate surface area is 145 Å². The van der Waals surface area contributed by atoms with Crippen molar-refractivity contribution in [2.75, 3.05) is 4.72 Å². The number of halogens is 1. The van der Waals surface area contributed by atoms with Crippen molar-refractivity contribution in [2.24, 2.45) is 5.73 Å². The largest absolute Gasteiger partial charge is 0.366 e. The van der Waals surface area contributed by atoms with Crippen molar-refractivity contribution in [1.82, 2.24) is 0 Å². The fourth-order valence-electron chi connectivity index (χ4n) is 2.59. The number of sulfonamides is 1. The summed E-state index contributed by atoms with van der Waals surface area (Å²) in [5.41, 5.74) is 7.54. The number of anilines is 1. The first-order chi connectivity index (χ1) is 11.4. The zero-order chi connectivity index (χ0) is 17.3. The summed E-state index contributed by atoms with van der Waals surface area (Å²) in [7, 11) is -3.77. The monoisotopic (exact) mass is 362 g/mol. The predicted octanol–water partition coefficient (Wildman–Crippen LogP) is 3.17. The van der Waals surface area contributed by atoms with Gasteiger partial charge in [-0.25, -0.2) is 8.42 Å². The van der Waals surface area contributed by atoms with E-state index >= 15 is 0 Å². The van der Waals surface area contributed by atoms with Crippen LogP contribution in [-0.4, -0.2) is 14.3 Å². The molecule has 1 amide bonds. The van der Waals surface area contributed by atoms with Gasteiger partial charge in [0.1, 0.15) is 0 Å². The van der Waals surface area contributed by atoms with Gasteiger partial charge in [-0.1, -0.05) is 35.9 Å². The number of aryl methyl sites for hydroxylation is 1. The number of benzene rings is 2. The number of nitrogens with one attached hydrogen (secondary N) is 1. The number of primary amides is 1. The number of carbonyl (C=O) groups excluding carboxylic acids is 1. The van der Waals surface area contributed by atoms with Gasteiger partial charge in [0.15, 0.2) is 0 Å². The molecule has 0 bridgehead atoms. The van der Waals surface area contributed by atoms with Gasteiger partial charge in [0.05, 0.1) is 15.6 Å². The molecular weight excluding hydrogens is 348 g/mol. The molecule has 1 aliphatic rings. The molecule has 0 aromatic heterocycles. The number of allylic oxidation sites excluding steroid dienone is 1. The minimum Gasteiger partial charge on any atom is -0.366 e. The van der Waals surface area contributed by atoms with Crippen LogP contribution in [0.2, 0.25) is 5.02 Å². The van der Waals surface area contributed by atoms with Crippen molar-refractivity contribution < 1.29 is 13.2 Å². The van der Waals surface area contributed by atoms with E-state index in [1.54, 1.807) is 6.08 Å². The minimum absolute atomic E-state index is 0.132. The Morgan fingerprint density at radius 3 is 2.62 bits per heavy atom. The normalized spacial score (nSPS) is 13.8. The van der Waals surface area contributed by atoms with Crippen LogP contribution in [0, 0.1) is 0 Å². The summed E-state index contributed by atoms with van der Waals surface area (Å²) in [4.78, 5) is 11.5. The van der Waals surface area contributed by atoms with Crippen LogP contribution in [0.5, 0.6) is 0 Å². The Hall–Kier alpha value is -2.31. The SMILES string of the molecule is NC(=O)c1ccc(Cl)c(NS(=O)(=O)C2=Cc3ccccc3CC2)c1. The zero-order valence-electron chi connectivity index (χ0n) is 12.6. The lowest BCUT2D eigenvalue weighted by atomic mass is 9.98.